The molecular weight excluding hydrogens is 460 g/mol. The average molecular weight is 483 g/mol. The van der Waals surface area contributed by atoms with Gasteiger partial charge in [0.05, 0.1) is 24.7 Å². The molecule has 2 aromatic heterocycles. The number of carbonyl (C=O) groups is 1. The first-order chi connectivity index (χ1) is 17.0. The number of aromatic nitrogens is 3. The Labute approximate surface area is 205 Å². The second-order valence-electron chi connectivity index (χ2n) is 8.04. The van der Waals surface area contributed by atoms with Crippen molar-refractivity contribution >= 4 is 33.1 Å². The van der Waals surface area contributed by atoms with Gasteiger partial charge in [0, 0.05) is 16.3 Å². The molecule has 0 radical (unpaired) electrons. The van der Waals surface area contributed by atoms with Crippen molar-refractivity contribution in [2.75, 3.05) is 12.4 Å². The summed E-state index contributed by atoms with van der Waals surface area (Å²) in [6, 6.07) is 22.4. The van der Waals surface area contributed by atoms with Gasteiger partial charge in [-0.15, -0.1) is 11.3 Å². The van der Waals surface area contributed by atoms with Gasteiger partial charge in [-0.3, -0.25) is 14.9 Å². The lowest BCUT2D eigenvalue weighted by atomic mass is 10.1. The van der Waals surface area contributed by atoms with E-state index in [1.807, 2.05) is 60.8 Å². The van der Waals surface area contributed by atoms with Crippen LogP contribution in [-0.2, 0) is 6.54 Å². The van der Waals surface area contributed by atoms with Crippen LogP contribution in [0.15, 0.2) is 83.0 Å². The van der Waals surface area contributed by atoms with Gasteiger partial charge in [-0.05, 0) is 30.7 Å². The molecular formula is C27H22N4O3S. The van der Waals surface area contributed by atoms with E-state index in [0.717, 1.165) is 16.7 Å². The number of benzene rings is 3. The zero-order valence-corrected chi connectivity index (χ0v) is 20.0. The quantitative estimate of drug-likeness (QED) is 0.362. The summed E-state index contributed by atoms with van der Waals surface area (Å²) in [5, 5.41) is 10.5. The van der Waals surface area contributed by atoms with Gasteiger partial charge >= 0.3 is 0 Å². The standard InChI is InChI=1S/C27H22N4O3S/c1-17-12-13-23(34-2)21(14-17)22-16-35-27(28-22)29-25(32)24-19-10-6-7-11-20(19)26(33)31(30-24)15-18-8-4-3-5-9-18/h3-14,16H,15H2,1-2H3,(H,28,29,32). The van der Waals surface area contributed by atoms with E-state index in [9.17, 15) is 9.59 Å². The van der Waals surface area contributed by atoms with Gasteiger partial charge in [0.2, 0.25) is 0 Å². The first-order valence-corrected chi connectivity index (χ1v) is 11.9. The number of methoxy groups -OCH3 is 1. The zero-order chi connectivity index (χ0) is 24.4. The number of carbonyl (C=O) groups excluding carboxylic acids is 1. The summed E-state index contributed by atoms with van der Waals surface area (Å²) < 4.78 is 6.80. The number of nitrogens with one attached hydrogen (secondary N) is 1. The third-order valence-electron chi connectivity index (χ3n) is 5.61. The van der Waals surface area contributed by atoms with Gasteiger partial charge in [-0.2, -0.15) is 5.10 Å². The van der Waals surface area contributed by atoms with Crippen LogP contribution in [0.3, 0.4) is 0 Å². The summed E-state index contributed by atoms with van der Waals surface area (Å²) in [6.07, 6.45) is 0. The Morgan fingerprint density at radius 1 is 1.03 bits per heavy atom. The molecule has 0 atom stereocenters. The Morgan fingerprint density at radius 2 is 1.77 bits per heavy atom. The van der Waals surface area contributed by atoms with Crippen LogP contribution in [0, 0.1) is 6.92 Å². The Bertz CT molecular complexity index is 1590. The van der Waals surface area contributed by atoms with Gasteiger partial charge in [-0.25, -0.2) is 9.67 Å². The third kappa shape index (κ3) is 4.56. The molecule has 5 aromatic rings. The molecule has 3 aromatic carbocycles. The minimum Gasteiger partial charge on any atom is -0.496 e. The summed E-state index contributed by atoms with van der Waals surface area (Å²) in [5.41, 5.74) is 3.48. The van der Waals surface area contributed by atoms with Crippen LogP contribution in [0.5, 0.6) is 5.75 Å². The van der Waals surface area contributed by atoms with E-state index in [1.54, 1.807) is 31.4 Å². The Kier molecular flexibility index (Phi) is 6.12. The molecule has 0 fully saturated rings. The number of thiazole rings is 1. The summed E-state index contributed by atoms with van der Waals surface area (Å²) in [5.74, 6) is 0.277. The summed E-state index contributed by atoms with van der Waals surface area (Å²) in [6.45, 7) is 2.26. The molecule has 8 heteroatoms. The smallest absolute Gasteiger partial charge is 0.278 e. The van der Waals surface area contributed by atoms with Gasteiger partial charge in [0.15, 0.2) is 10.8 Å². The van der Waals surface area contributed by atoms with E-state index >= 15 is 0 Å². The van der Waals surface area contributed by atoms with E-state index in [2.05, 4.69) is 15.4 Å². The van der Waals surface area contributed by atoms with Crippen LogP contribution >= 0.6 is 11.3 Å². The van der Waals surface area contributed by atoms with Crippen molar-refractivity contribution < 1.29 is 9.53 Å². The molecule has 0 bridgehead atoms. The van der Waals surface area contributed by atoms with Crippen molar-refractivity contribution in [1.82, 2.24) is 14.8 Å². The van der Waals surface area contributed by atoms with Crippen molar-refractivity contribution in [3.05, 3.63) is 105 Å². The lowest BCUT2D eigenvalue weighted by Crippen LogP contribution is -2.28. The summed E-state index contributed by atoms with van der Waals surface area (Å²) >= 11 is 1.31. The molecule has 0 aliphatic carbocycles. The Hall–Kier alpha value is -4.30. The predicted molar refractivity (Wildman–Crippen MR) is 138 cm³/mol. The predicted octanol–water partition coefficient (Wildman–Crippen LogP) is 5.14. The highest BCUT2D eigenvalue weighted by Crippen LogP contribution is 2.33. The van der Waals surface area contributed by atoms with Crippen molar-refractivity contribution in [3.63, 3.8) is 0 Å². The first-order valence-electron chi connectivity index (χ1n) is 11.0. The maximum absolute atomic E-state index is 13.3. The maximum Gasteiger partial charge on any atom is 0.278 e. The SMILES string of the molecule is COc1ccc(C)cc1-c1csc(NC(=O)c2nn(Cc3ccccc3)c(=O)c3ccccc23)n1. The lowest BCUT2D eigenvalue weighted by molar-refractivity contribution is 0.102. The highest BCUT2D eigenvalue weighted by molar-refractivity contribution is 7.14. The average Bonchev–Trinajstić information content (AvgIpc) is 3.34. The number of amides is 1. The molecule has 0 aliphatic rings. The van der Waals surface area contributed by atoms with Crippen molar-refractivity contribution in [2.24, 2.45) is 0 Å². The number of rotatable bonds is 6. The van der Waals surface area contributed by atoms with E-state index < -0.39 is 5.91 Å². The number of hydrogen-bond acceptors (Lipinski definition) is 6. The van der Waals surface area contributed by atoms with Crippen LogP contribution in [0.1, 0.15) is 21.6 Å². The van der Waals surface area contributed by atoms with Crippen LogP contribution in [-0.4, -0.2) is 27.8 Å². The second-order valence-corrected chi connectivity index (χ2v) is 8.90. The molecule has 2 heterocycles. The zero-order valence-electron chi connectivity index (χ0n) is 19.2. The fraction of sp³-hybridized carbons (Fsp3) is 0.111. The van der Waals surface area contributed by atoms with E-state index in [4.69, 9.17) is 4.74 Å². The highest BCUT2D eigenvalue weighted by atomic mass is 32.1. The molecule has 174 valence electrons. The van der Waals surface area contributed by atoms with Crippen molar-refractivity contribution in [2.45, 2.75) is 13.5 Å². The molecule has 7 nitrogen and oxygen atoms in total. The number of ether oxygens (including phenoxy) is 1. The van der Waals surface area contributed by atoms with Gasteiger partial charge < -0.3 is 4.74 Å². The Balaban J connectivity index is 1.50. The van der Waals surface area contributed by atoms with E-state index in [1.165, 1.54) is 16.0 Å². The first kappa shape index (κ1) is 22.5. The topological polar surface area (TPSA) is 86.1 Å². The molecule has 1 amide bonds. The van der Waals surface area contributed by atoms with Gasteiger partial charge in [0.1, 0.15) is 5.75 Å². The van der Waals surface area contributed by atoms with Gasteiger partial charge in [-0.1, -0.05) is 60.2 Å². The minimum atomic E-state index is -0.430. The molecule has 1 N–H and O–H groups in total. The van der Waals surface area contributed by atoms with Crippen LogP contribution in [0.4, 0.5) is 5.13 Å². The highest BCUT2D eigenvalue weighted by Gasteiger charge is 2.19. The van der Waals surface area contributed by atoms with Crippen molar-refractivity contribution in [1.29, 1.82) is 0 Å². The lowest BCUT2D eigenvalue weighted by Gasteiger charge is -2.11. The minimum absolute atomic E-state index is 0.168. The number of anilines is 1. The number of fused-ring (bicyclic) bond motifs is 1. The fourth-order valence-electron chi connectivity index (χ4n) is 3.90. The molecule has 0 saturated heterocycles. The molecule has 0 aliphatic heterocycles. The number of hydrogen-bond donors (Lipinski definition) is 1. The van der Waals surface area contributed by atoms with E-state index in [-0.39, 0.29) is 17.8 Å². The van der Waals surface area contributed by atoms with Gasteiger partial charge in [0.25, 0.3) is 11.5 Å². The van der Waals surface area contributed by atoms with Crippen LogP contribution < -0.4 is 15.6 Å². The summed E-state index contributed by atoms with van der Waals surface area (Å²) in [7, 11) is 1.62. The molecule has 0 saturated carbocycles. The van der Waals surface area contributed by atoms with Crippen molar-refractivity contribution in [3.8, 4) is 17.0 Å². The third-order valence-corrected chi connectivity index (χ3v) is 6.37. The van der Waals surface area contributed by atoms with Crippen LogP contribution in [0.25, 0.3) is 22.0 Å². The Morgan fingerprint density at radius 3 is 2.54 bits per heavy atom. The molecule has 5 rings (SSSR count). The fourth-order valence-corrected chi connectivity index (χ4v) is 4.61. The molecule has 0 unspecified atom stereocenters. The second kappa shape index (κ2) is 9.52. The summed E-state index contributed by atoms with van der Waals surface area (Å²) in [4.78, 5) is 31.0. The largest absolute Gasteiger partial charge is 0.496 e. The monoisotopic (exact) mass is 482 g/mol. The van der Waals surface area contributed by atoms with Crippen LogP contribution in [0.2, 0.25) is 0 Å². The molecule has 0 spiro atoms. The maximum atomic E-state index is 13.3. The normalized spacial score (nSPS) is 10.9. The number of aryl methyl sites for hydroxylation is 1. The number of nitrogens with zero attached hydrogens (tertiary/aromatic N) is 3. The van der Waals surface area contributed by atoms with E-state index in [0.29, 0.717) is 27.3 Å². The molecule has 35 heavy (non-hydrogen) atoms.